The molecule has 1 aliphatic carbocycles. The summed E-state index contributed by atoms with van der Waals surface area (Å²) >= 11 is 0. The lowest BCUT2D eigenvalue weighted by Crippen LogP contribution is -2.30. The molecule has 0 spiro atoms. The van der Waals surface area contributed by atoms with Gasteiger partial charge in [-0.05, 0) is 42.0 Å². The van der Waals surface area contributed by atoms with E-state index in [1.807, 2.05) is 19.1 Å². The first-order valence-corrected chi connectivity index (χ1v) is 10.2. The first-order valence-electron chi connectivity index (χ1n) is 10.2. The molecule has 2 unspecified atom stereocenters. The van der Waals surface area contributed by atoms with Crippen LogP contribution in [0, 0.1) is 36.0 Å². The van der Waals surface area contributed by atoms with Gasteiger partial charge in [-0.2, -0.15) is 5.26 Å². The number of pyridine rings is 1. The molecule has 0 radical (unpaired) electrons. The third-order valence-corrected chi connectivity index (χ3v) is 6.73. The van der Waals surface area contributed by atoms with E-state index in [2.05, 4.69) is 9.88 Å². The lowest BCUT2D eigenvalue weighted by molar-refractivity contribution is 0.0535. The fourth-order valence-corrected chi connectivity index (χ4v) is 4.92. The Balaban J connectivity index is 1.13. The van der Waals surface area contributed by atoms with Crippen LogP contribution in [0.2, 0.25) is 0 Å². The van der Waals surface area contributed by atoms with Crippen LogP contribution in [0.1, 0.15) is 38.7 Å². The minimum absolute atomic E-state index is 0.279. The highest BCUT2D eigenvalue weighted by molar-refractivity contribution is 5.93. The van der Waals surface area contributed by atoms with E-state index >= 15 is 0 Å². The number of hydrogen-bond donors (Lipinski definition) is 1. The highest BCUT2D eigenvalue weighted by Gasteiger charge is 2.55. The highest BCUT2D eigenvalue weighted by atomic mass is 16.5. The van der Waals surface area contributed by atoms with E-state index in [4.69, 9.17) is 14.7 Å². The van der Waals surface area contributed by atoms with Gasteiger partial charge in [0.05, 0.1) is 23.8 Å². The zero-order chi connectivity index (χ0) is 20.8. The normalized spacial score (nSPS) is 25.2. The first-order chi connectivity index (χ1) is 14.5. The maximum atomic E-state index is 11.7. The van der Waals surface area contributed by atoms with Crippen molar-refractivity contribution in [2.45, 2.75) is 19.6 Å². The Bertz CT molecular complexity index is 1020. The number of aliphatic hydroxyl groups is 1. The van der Waals surface area contributed by atoms with Crippen molar-refractivity contribution in [1.29, 1.82) is 5.26 Å². The summed E-state index contributed by atoms with van der Waals surface area (Å²) in [6, 6.07) is 9.11. The van der Waals surface area contributed by atoms with Crippen LogP contribution in [0.25, 0.3) is 0 Å². The maximum Gasteiger partial charge on any atom is 0.338 e. The van der Waals surface area contributed by atoms with E-state index < -0.39 is 6.10 Å². The second-order valence-electron chi connectivity index (χ2n) is 8.42. The Morgan fingerprint density at radius 3 is 2.83 bits per heavy atom. The molecule has 0 amide bonds. The molecular formula is C23H23N3O4. The summed E-state index contributed by atoms with van der Waals surface area (Å²) in [4.78, 5) is 18.2. The molecule has 7 nitrogen and oxygen atoms in total. The molecule has 1 saturated carbocycles. The third-order valence-electron chi connectivity index (χ3n) is 6.73. The average Bonchev–Trinajstić information content (AvgIpc) is 3.04. The molecule has 154 valence electrons. The van der Waals surface area contributed by atoms with Gasteiger partial charge < -0.3 is 14.6 Å². The fourth-order valence-electron chi connectivity index (χ4n) is 4.92. The number of benzene rings is 1. The van der Waals surface area contributed by atoms with Gasteiger partial charge >= 0.3 is 5.97 Å². The number of nitriles is 1. The molecule has 7 heteroatoms. The quantitative estimate of drug-likeness (QED) is 0.736. The number of nitrogens with zero attached hydrogens (tertiary/aromatic N) is 3. The van der Waals surface area contributed by atoms with Crippen LogP contribution >= 0.6 is 0 Å². The Labute approximate surface area is 174 Å². The van der Waals surface area contributed by atoms with Gasteiger partial charge in [0.2, 0.25) is 5.88 Å². The topological polar surface area (TPSA) is 95.7 Å². The molecule has 2 fully saturated rings. The van der Waals surface area contributed by atoms with E-state index in [1.54, 1.807) is 18.2 Å². The largest absolute Gasteiger partial charge is 0.477 e. The summed E-state index contributed by atoms with van der Waals surface area (Å²) in [5.41, 5.74) is 3.87. The molecule has 5 rings (SSSR count). The fraction of sp³-hybridized carbons (Fsp3) is 0.435. The van der Waals surface area contributed by atoms with Crippen LogP contribution < -0.4 is 4.74 Å². The van der Waals surface area contributed by atoms with Crippen LogP contribution in [0.15, 0.2) is 30.5 Å². The van der Waals surface area contributed by atoms with E-state index in [-0.39, 0.29) is 5.97 Å². The van der Waals surface area contributed by atoms with Crippen molar-refractivity contribution >= 4 is 5.97 Å². The monoisotopic (exact) mass is 405 g/mol. The smallest absolute Gasteiger partial charge is 0.338 e. The van der Waals surface area contributed by atoms with Crippen LogP contribution in [0.5, 0.6) is 5.88 Å². The summed E-state index contributed by atoms with van der Waals surface area (Å²) in [7, 11) is 0. The van der Waals surface area contributed by atoms with Crippen molar-refractivity contribution in [2.75, 3.05) is 26.2 Å². The second kappa shape index (κ2) is 7.38. The molecule has 3 aliphatic rings. The predicted octanol–water partition coefficient (Wildman–Crippen LogP) is 2.22. The molecule has 3 atom stereocenters. The summed E-state index contributed by atoms with van der Waals surface area (Å²) in [6.45, 7) is 5.40. The molecular weight excluding hydrogens is 382 g/mol. The summed E-state index contributed by atoms with van der Waals surface area (Å²) in [5, 5.41) is 19.6. The molecule has 1 N–H and O–H groups in total. The zero-order valence-corrected chi connectivity index (χ0v) is 16.7. The Morgan fingerprint density at radius 2 is 2.13 bits per heavy atom. The van der Waals surface area contributed by atoms with Gasteiger partial charge in [-0.3, -0.25) is 4.90 Å². The second-order valence-corrected chi connectivity index (χ2v) is 8.42. The van der Waals surface area contributed by atoms with Crippen molar-refractivity contribution in [1.82, 2.24) is 9.88 Å². The van der Waals surface area contributed by atoms with Crippen LogP contribution in [-0.2, 0) is 11.3 Å². The number of fused-ring (bicyclic) bond motifs is 2. The zero-order valence-electron chi connectivity index (χ0n) is 16.7. The number of hydrogen-bond acceptors (Lipinski definition) is 7. The van der Waals surface area contributed by atoms with Crippen LogP contribution in [0.4, 0.5) is 0 Å². The molecule has 1 aromatic heterocycles. The van der Waals surface area contributed by atoms with Gasteiger partial charge in [-0.25, -0.2) is 9.78 Å². The molecule has 2 aliphatic heterocycles. The number of carbonyl (C=O) groups excluding carboxylic acids is 1. The van der Waals surface area contributed by atoms with Crippen molar-refractivity contribution < 1.29 is 19.4 Å². The average molecular weight is 405 g/mol. The molecule has 3 heterocycles. The van der Waals surface area contributed by atoms with E-state index in [0.29, 0.717) is 54.5 Å². The number of carbonyl (C=O) groups is 1. The van der Waals surface area contributed by atoms with Crippen molar-refractivity contribution in [3.63, 3.8) is 0 Å². The Kier molecular flexibility index (Phi) is 4.69. The summed E-state index contributed by atoms with van der Waals surface area (Å²) in [6.07, 6.45) is 0.941. The number of ether oxygens (including phenoxy) is 2. The summed E-state index contributed by atoms with van der Waals surface area (Å²) < 4.78 is 10.9. The Hall–Kier alpha value is -2.95. The van der Waals surface area contributed by atoms with Crippen molar-refractivity contribution in [3.8, 4) is 11.9 Å². The minimum atomic E-state index is -0.582. The highest BCUT2D eigenvalue weighted by Crippen LogP contribution is 2.52. The lowest BCUT2D eigenvalue weighted by atomic mass is 9.95. The molecule has 2 aromatic rings. The SMILES string of the molecule is Cc1c([C@H](O)CN2CC3C(COc4ccc(C#N)cn4)C3C2)ccc2c1COC2=O. The number of aromatic nitrogens is 1. The van der Waals surface area contributed by atoms with Gasteiger partial charge in [0.1, 0.15) is 12.7 Å². The molecule has 30 heavy (non-hydrogen) atoms. The number of β-amino-alcohol motifs (C(OH)–C–C–N with tert-alkyl or cyclic N) is 1. The van der Waals surface area contributed by atoms with E-state index in [0.717, 1.165) is 29.8 Å². The van der Waals surface area contributed by atoms with E-state index in [1.165, 1.54) is 6.20 Å². The maximum absolute atomic E-state index is 11.7. The van der Waals surface area contributed by atoms with Gasteiger partial charge in [-0.1, -0.05) is 6.07 Å². The van der Waals surface area contributed by atoms with Gasteiger partial charge in [0.15, 0.2) is 0 Å². The van der Waals surface area contributed by atoms with Gasteiger partial charge in [0.25, 0.3) is 0 Å². The number of rotatable bonds is 6. The Morgan fingerprint density at radius 1 is 1.33 bits per heavy atom. The van der Waals surface area contributed by atoms with Crippen molar-refractivity contribution in [3.05, 3.63) is 58.3 Å². The number of likely N-dealkylation sites (tertiary alicyclic amines) is 1. The number of esters is 1. The van der Waals surface area contributed by atoms with Crippen LogP contribution in [0.3, 0.4) is 0 Å². The van der Waals surface area contributed by atoms with Crippen molar-refractivity contribution in [2.24, 2.45) is 17.8 Å². The predicted molar refractivity (Wildman–Crippen MR) is 107 cm³/mol. The van der Waals surface area contributed by atoms with Gasteiger partial charge in [0, 0.05) is 43.4 Å². The third kappa shape index (κ3) is 3.32. The lowest BCUT2D eigenvalue weighted by Gasteiger charge is -2.24. The molecule has 1 saturated heterocycles. The molecule has 1 aromatic carbocycles. The van der Waals surface area contributed by atoms with E-state index in [9.17, 15) is 9.90 Å². The number of aliphatic hydroxyl groups excluding tert-OH is 1. The summed E-state index contributed by atoms with van der Waals surface area (Å²) in [5.74, 6) is 2.00. The standard InChI is InChI=1S/C23H23N3O4/c1-13-15(3-4-16-19(13)11-30-23(16)28)21(27)10-26-8-17-18(9-26)20(17)12-29-22-5-2-14(6-24)7-25-22/h2-5,7,17-18,20-21,27H,8-12H2,1H3/t17?,18?,20?,21-/m1/s1. The number of piperidine rings is 1. The number of cyclic esters (lactones) is 1. The molecule has 0 bridgehead atoms. The van der Waals surface area contributed by atoms with Crippen LogP contribution in [-0.4, -0.2) is 47.2 Å². The minimum Gasteiger partial charge on any atom is -0.477 e. The van der Waals surface area contributed by atoms with Gasteiger partial charge in [-0.15, -0.1) is 0 Å². The first kappa shape index (κ1) is 19.0.